The van der Waals surface area contributed by atoms with Crippen molar-refractivity contribution >= 4 is 0 Å². The number of rotatable bonds is 3. The van der Waals surface area contributed by atoms with Crippen molar-refractivity contribution in [2.45, 2.75) is 12.2 Å². The highest BCUT2D eigenvalue weighted by atomic mass is 16.7. The van der Waals surface area contributed by atoms with E-state index in [1.54, 1.807) is 13.2 Å². The molecule has 0 aliphatic carbocycles. The minimum Gasteiger partial charge on any atom is -0.504 e. The zero-order valence-corrected chi connectivity index (χ0v) is 14.4. The lowest BCUT2D eigenvalue weighted by atomic mass is 9.85. The van der Waals surface area contributed by atoms with Crippen molar-refractivity contribution in [3.05, 3.63) is 47.5 Å². The van der Waals surface area contributed by atoms with Crippen LogP contribution in [0.5, 0.6) is 23.0 Å². The van der Waals surface area contributed by atoms with E-state index in [4.69, 9.17) is 23.7 Å². The number of fused-ring (bicyclic) bond motifs is 2. The maximum Gasteiger partial charge on any atom is 0.231 e. The molecular weight excluding hydrogens is 336 g/mol. The van der Waals surface area contributed by atoms with E-state index < -0.39 is 0 Å². The second-order valence-corrected chi connectivity index (χ2v) is 6.88. The molecule has 6 nitrogen and oxygen atoms in total. The van der Waals surface area contributed by atoms with E-state index in [0.717, 1.165) is 22.6 Å². The Hall–Kier alpha value is -2.44. The van der Waals surface area contributed by atoms with Gasteiger partial charge < -0.3 is 28.8 Å². The van der Waals surface area contributed by atoms with E-state index in [1.807, 2.05) is 30.3 Å². The molecule has 0 amide bonds. The van der Waals surface area contributed by atoms with Gasteiger partial charge in [-0.3, -0.25) is 0 Å². The van der Waals surface area contributed by atoms with E-state index in [2.05, 4.69) is 0 Å². The molecule has 2 aromatic rings. The van der Waals surface area contributed by atoms with Gasteiger partial charge in [0.15, 0.2) is 23.0 Å². The summed E-state index contributed by atoms with van der Waals surface area (Å²) in [7, 11) is 1.55. The van der Waals surface area contributed by atoms with Crippen molar-refractivity contribution in [3.8, 4) is 23.0 Å². The predicted octanol–water partition coefficient (Wildman–Crippen LogP) is 3.20. The van der Waals surface area contributed by atoms with Crippen molar-refractivity contribution < 1.29 is 28.8 Å². The minimum absolute atomic E-state index is 0.0153. The van der Waals surface area contributed by atoms with E-state index in [9.17, 15) is 5.11 Å². The SMILES string of the molecule is COc1cc([C@H]2OCC3C2CO[C@@H]3c2ccc3c(c2)OCO3)ccc1O. The first-order valence-electron chi connectivity index (χ1n) is 8.74. The third-order valence-electron chi connectivity index (χ3n) is 5.52. The molecular formula is C20H20O6. The Morgan fingerprint density at radius 2 is 1.54 bits per heavy atom. The topological polar surface area (TPSA) is 66.4 Å². The van der Waals surface area contributed by atoms with Gasteiger partial charge in [0.2, 0.25) is 6.79 Å². The van der Waals surface area contributed by atoms with Crippen LogP contribution in [0.2, 0.25) is 0 Å². The van der Waals surface area contributed by atoms with Gasteiger partial charge in [-0.1, -0.05) is 12.1 Å². The van der Waals surface area contributed by atoms with Crippen LogP contribution in [0, 0.1) is 11.8 Å². The fourth-order valence-corrected chi connectivity index (χ4v) is 4.20. The van der Waals surface area contributed by atoms with Crippen molar-refractivity contribution in [3.63, 3.8) is 0 Å². The number of methoxy groups -OCH3 is 1. The average Bonchev–Trinajstić information content (AvgIpc) is 3.37. The van der Waals surface area contributed by atoms with Gasteiger partial charge in [0.05, 0.1) is 32.5 Å². The van der Waals surface area contributed by atoms with E-state index in [0.29, 0.717) is 19.0 Å². The molecule has 4 atom stereocenters. The maximum absolute atomic E-state index is 9.82. The highest BCUT2D eigenvalue weighted by molar-refractivity contribution is 5.46. The standard InChI is InChI=1S/C20H20O6/c1-22-17-6-11(2-4-15(17)21)19-13-8-24-20(14(13)9-23-19)12-3-5-16-18(7-12)26-10-25-16/h2-7,13-14,19-21H,8-10H2,1H3/t13?,14?,19-,20-/m1/s1. The number of phenolic OH excluding ortho intramolecular Hbond substituents is 1. The van der Waals surface area contributed by atoms with Crippen LogP contribution in [0.3, 0.4) is 0 Å². The van der Waals surface area contributed by atoms with E-state index in [-0.39, 0.29) is 36.6 Å². The Balaban J connectivity index is 1.40. The Morgan fingerprint density at radius 3 is 2.27 bits per heavy atom. The number of aromatic hydroxyl groups is 1. The summed E-state index contributed by atoms with van der Waals surface area (Å²) >= 11 is 0. The van der Waals surface area contributed by atoms with Gasteiger partial charge in [0.1, 0.15) is 0 Å². The van der Waals surface area contributed by atoms with Gasteiger partial charge in [0, 0.05) is 11.8 Å². The quantitative estimate of drug-likeness (QED) is 0.911. The van der Waals surface area contributed by atoms with Gasteiger partial charge in [-0.05, 0) is 35.4 Å². The fourth-order valence-electron chi connectivity index (χ4n) is 4.20. The molecule has 3 aliphatic heterocycles. The molecule has 6 heteroatoms. The Bertz CT molecular complexity index is 810. The lowest BCUT2D eigenvalue weighted by Crippen LogP contribution is -2.14. The van der Waals surface area contributed by atoms with E-state index >= 15 is 0 Å². The number of hydrogen-bond donors (Lipinski definition) is 1. The van der Waals surface area contributed by atoms with Crippen LogP contribution in [-0.4, -0.2) is 32.2 Å². The van der Waals surface area contributed by atoms with Gasteiger partial charge in [-0.25, -0.2) is 0 Å². The molecule has 5 rings (SSSR count). The number of benzene rings is 2. The summed E-state index contributed by atoms with van der Waals surface area (Å²) in [6.07, 6.45) is -0.0768. The van der Waals surface area contributed by atoms with Gasteiger partial charge in [-0.15, -0.1) is 0 Å². The summed E-state index contributed by atoms with van der Waals surface area (Å²) < 4.78 is 28.4. The zero-order chi connectivity index (χ0) is 17.7. The number of ether oxygens (including phenoxy) is 5. The van der Waals surface area contributed by atoms with Crippen LogP contribution in [-0.2, 0) is 9.47 Å². The van der Waals surface area contributed by atoms with Crippen molar-refractivity contribution in [2.24, 2.45) is 11.8 Å². The first-order valence-corrected chi connectivity index (χ1v) is 8.74. The molecule has 2 saturated heterocycles. The second kappa shape index (κ2) is 6.07. The zero-order valence-electron chi connectivity index (χ0n) is 14.4. The first kappa shape index (κ1) is 15.8. The highest BCUT2D eigenvalue weighted by Gasteiger charge is 2.48. The van der Waals surface area contributed by atoms with Crippen molar-refractivity contribution in [2.75, 3.05) is 27.1 Å². The predicted molar refractivity (Wildman–Crippen MR) is 91.6 cm³/mol. The van der Waals surface area contributed by atoms with Crippen LogP contribution in [0.15, 0.2) is 36.4 Å². The lowest BCUT2D eigenvalue weighted by Gasteiger charge is -2.17. The monoisotopic (exact) mass is 356 g/mol. The van der Waals surface area contributed by atoms with Crippen LogP contribution in [0.25, 0.3) is 0 Å². The Labute approximate surface area is 151 Å². The molecule has 3 heterocycles. The third-order valence-corrected chi connectivity index (χ3v) is 5.52. The fraction of sp³-hybridized carbons (Fsp3) is 0.400. The van der Waals surface area contributed by atoms with Crippen molar-refractivity contribution in [1.82, 2.24) is 0 Å². The second-order valence-electron chi connectivity index (χ2n) is 6.88. The largest absolute Gasteiger partial charge is 0.504 e. The van der Waals surface area contributed by atoms with Crippen LogP contribution in [0.4, 0.5) is 0 Å². The van der Waals surface area contributed by atoms with Crippen LogP contribution < -0.4 is 14.2 Å². The average molecular weight is 356 g/mol. The molecule has 2 aromatic carbocycles. The minimum atomic E-state index is -0.0616. The van der Waals surface area contributed by atoms with Crippen LogP contribution in [0.1, 0.15) is 23.3 Å². The summed E-state index contributed by atoms with van der Waals surface area (Å²) in [4.78, 5) is 0. The van der Waals surface area contributed by atoms with Crippen LogP contribution >= 0.6 is 0 Å². The number of phenols is 1. The molecule has 0 radical (unpaired) electrons. The smallest absolute Gasteiger partial charge is 0.231 e. The highest BCUT2D eigenvalue weighted by Crippen LogP contribution is 2.51. The molecule has 1 N–H and O–H groups in total. The third kappa shape index (κ3) is 2.40. The normalized spacial score (nSPS) is 29.0. The maximum atomic E-state index is 9.82. The summed E-state index contributed by atoms with van der Waals surface area (Å²) in [6, 6.07) is 11.4. The molecule has 2 fully saturated rings. The van der Waals surface area contributed by atoms with Gasteiger partial charge >= 0.3 is 0 Å². The molecule has 3 aliphatic rings. The molecule has 0 bridgehead atoms. The molecule has 0 spiro atoms. The molecule has 2 unspecified atom stereocenters. The van der Waals surface area contributed by atoms with Crippen molar-refractivity contribution in [1.29, 1.82) is 0 Å². The number of hydrogen-bond acceptors (Lipinski definition) is 6. The van der Waals surface area contributed by atoms with E-state index in [1.165, 1.54) is 0 Å². The van der Waals surface area contributed by atoms with Gasteiger partial charge in [0.25, 0.3) is 0 Å². The molecule has 136 valence electrons. The van der Waals surface area contributed by atoms with Gasteiger partial charge in [-0.2, -0.15) is 0 Å². The Morgan fingerprint density at radius 1 is 0.885 bits per heavy atom. The Kier molecular flexibility index (Phi) is 3.69. The first-order chi connectivity index (χ1) is 12.7. The summed E-state index contributed by atoms with van der Waals surface area (Å²) in [5.41, 5.74) is 2.09. The molecule has 0 saturated carbocycles. The summed E-state index contributed by atoms with van der Waals surface area (Å²) in [5, 5.41) is 9.82. The summed E-state index contributed by atoms with van der Waals surface area (Å²) in [6.45, 7) is 1.54. The molecule has 0 aromatic heterocycles. The lowest BCUT2D eigenvalue weighted by molar-refractivity contribution is 0.0191. The molecule has 26 heavy (non-hydrogen) atoms. The summed E-state index contributed by atoms with van der Waals surface area (Å²) in [5.74, 6) is 2.68.